The van der Waals surface area contributed by atoms with Crippen LogP contribution in [0.1, 0.15) is 37.3 Å². The van der Waals surface area contributed by atoms with Crippen molar-refractivity contribution in [2.75, 3.05) is 5.75 Å². The van der Waals surface area contributed by atoms with Crippen LogP contribution in [0.4, 0.5) is 0 Å². The lowest BCUT2D eigenvalue weighted by Gasteiger charge is -2.08. The number of nitrogens with two attached hydrogens (primary N) is 1. The third kappa shape index (κ3) is 3.12. The number of rotatable bonds is 5. The fraction of sp³-hybridized carbons (Fsp3) is 0.571. The van der Waals surface area contributed by atoms with E-state index < -0.39 is 9.84 Å². The molecule has 100 valence electrons. The number of hydrogen-bond donors (Lipinski definition) is 1. The first kappa shape index (κ1) is 13.6. The number of sulfone groups is 1. The molecule has 0 aromatic heterocycles. The zero-order valence-corrected chi connectivity index (χ0v) is 11.7. The summed E-state index contributed by atoms with van der Waals surface area (Å²) in [5, 5.41) is 0. The predicted octanol–water partition coefficient (Wildman–Crippen LogP) is 2.08. The first-order chi connectivity index (χ1) is 8.49. The summed E-state index contributed by atoms with van der Waals surface area (Å²) >= 11 is 0. The zero-order valence-electron chi connectivity index (χ0n) is 10.9. The summed E-state index contributed by atoms with van der Waals surface area (Å²) in [6.45, 7) is 1.90. The molecule has 1 unspecified atom stereocenters. The molecule has 1 aromatic carbocycles. The summed E-state index contributed by atoms with van der Waals surface area (Å²) in [5.74, 6) is 0.202. The van der Waals surface area contributed by atoms with E-state index in [2.05, 4.69) is 0 Å². The lowest BCUT2D eigenvalue weighted by Crippen LogP contribution is -2.16. The molecule has 1 aromatic rings. The summed E-state index contributed by atoms with van der Waals surface area (Å²) in [5.41, 5.74) is 8.16. The van der Waals surface area contributed by atoms with Crippen LogP contribution in [0.15, 0.2) is 23.1 Å². The number of aryl methyl sites for hydroxylation is 2. The van der Waals surface area contributed by atoms with Gasteiger partial charge in [0.05, 0.1) is 10.6 Å². The van der Waals surface area contributed by atoms with E-state index in [1.165, 1.54) is 11.1 Å². The molecule has 1 aliphatic carbocycles. The zero-order chi connectivity index (χ0) is 13.2. The van der Waals surface area contributed by atoms with Crippen molar-refractivity contribution in [3.05, 3.63) is 29.3 Å². The van der Waals surface area contributed by atoms with E-state index >= 15 is 0 Å². The second-order valence-electron chi connectivity index (χ2n) is 5.22. The highest BCUT2D eigenvalue weighted by atomic mass is 32.2. The maximum absolute atomic E-state index is 12.2. The van der Waals surface area contributed by atoms with Crippen LogP contribution < -0.4 is 5.73 Å². The number of fused-ring (bicyclic) bond motifs is 1. The Hall–Kier alpha value is -0.870. The Kier molecular flexibility index (Phi) is 4.07. The van der Waals surface area contributed by atoms with E-state index in [0.29, 0.717) is 11.3 Å². The molecule has 0 saturated heterocycles. The lowest BCUT2D eigenvalue weighted by atomic mass is 10.1. The van der Waals surface area contributed by atoms with Crippen LogP contribution in [0.3, 0.4) is 0 Å². The van der Waals surface area contributed by atoms with E-state index in [1.807, 2.05) is 19.1 Å². The maximum atomic E-state index is 12.2. The van der Waals surface area contributed by atoms with Crippen molar-refractivity contribution < 1.29 is 8.42 Å². The minimum atomic E-state index is -3.13. The highest BCUT2D eigenvalue weighted by Gasteiger charge is 2.18. The first-order valence-corrected chi connectivity index (χ1v) is 8.24. The second-order valence-corrected chi connectivity index (χ2v) is 7.33. The van der Waals surface area contributed by atoms with E-state index in [9.17, 15) is 8.42 Å². The minimum absolute atomic E-state index is 0.0696. The van der Waals surface area contributed by atoms with Gasteiger partial charge in [0.1, 0.15) is 0 Å². The molecule has 0 saturated carbocycles. The Morgan fingerprint density at radius 3 is 2.72 bits per heavy atom. The van der Waals surface area contributed by atoms with Crippen molar-refractivity contribution in [2.24, 2.45) is 5.73 Å². The average molecular weight is 267 g/mol. The van der Waals surface area contributed by atoms with Crippen LogP contribution in [0, 0.1) is 0 Å². The quantitative estimate of drug-likeness (QED) is 0.888. The Morgan fingerprint density at radius 2 is 2.00 bits per heavy atom. The fourth-order valence-electron chi connectivity index (χ4n) is 2.45. The van der Waals surface area contributed by atoms with Crippen LogP contribution in [-0.4, -0.2) is 20.2 Å². The van der Waals surface area contributed by atoms with Crippen LogP contribution in [0.25, 0.3) is 0 Å². The predicted molar refractivity (Wildman–Crippen MR) is 73.4 cm³/mol. The van der Waals surface area contributed by atoms with Gasteiger partial charge in [-0.2, -0.15) is 0 Å². The molecule has 4 heteroatoms. The fourth-order valence-corrected chi connectivity index (χ4v) is 3.83. The molecule has 0 amide bonds. The van der Waals surface area contributed by atoms with E-state index in [-0.39, 0.29) is 11.8 Å². The number of benzene rings is 1. The summed E-state index contributed by atoms with van der Waals surface area (Å²) < 4.78 is 24.3. The van der Waals surface area contributed by atoms with Crippen molar-refractivity contribution in [1.29, 1.82) is 0 Å². The molecule has 0 spiro atoms. The van der Waals surface area contributed by atoms with Gasteiger partial charge in [0.2, 0.25) is 0 Å². The van der Waals surface area contributed by atoms with E-state index in [0.717, 1.165) is 25.7 Å². The van der Waals surface area contributed by atoms with Gasteiger partial charge in [-0.25, -0.2) is 8.42 Å². The normalized spacial score (nSPS) is 16.6. The van der Waals surface area contributed by atoms with Gasteiger partial charge in [0.15, 0.2) is 9.84 Å². The molecular weight excluding hydrogens is 246 g/mol. The molecule has 0 heterocycles. The molecule has 3 nitrogen and oxygen atoms in total. The van der Waals surface area contributed by atoms with E-state index in [4.69, 9.17) is 5.73 Å². The Labute approximate surface area is 109 Å². The van der Waals surface area contributed by atoms with Crippen LogP contribution in [0.5, 0.6) is 0 Å². The molecular formula is C14H21NO2S. The third-order valence-electron chi connectivity index (χ3n) is 3.50. The van der Waals surface area contributed by atoms with Crippen molar-refractivity contribution in [1.82, 2.24) is 0 Å². The summed E-state index contributed by atoms with van der Waals surface area (Å²) in [7, 11) is -3.13. The third-order valence-corrected chi connectivity index (χ3v) is 5.30. The largest absolute Gasteiger partial charge is 0.328 e. The molecule has 1 atom stereocenters. The maximum Gasteiger partial charge on any atom is 0.178 e. The van der Waals surface area contributed by atoms with Crippen molar-refractivity contribution in [2.45, 2.75) is 50.0 Å². The standard InChI is InChI=1S/C14H21NO2S/c1-11(15)4-3-9-18(16,17)14-8-7-12-5-2-6-13(12)10-14/h7-8,10-11H,2-6,9,15H2,1H3. The molecule has 0 bridgehead atoms. The first-order valence-electron chi connectivity index (χ1n) is 6.59. The molecule has 2 N–H and O–H groups in total. The second kappa shape index (κ2) is 5.41. The monoisotopic (exact) mass is 267 g/mol. The molecule has 0 fully saturated rings. The highest BCUT2D eigenvalue weighted by Crippen LogP contribution is 2.25. The Morgan fingerprint density at radius 1 is 1.28 bits per heavy atom. The van der Waals surface area contributed by atoms with Gasteiger partial charge in [0, 0.05) is 6.04 Å². The average Bonchev–Trinajstić information content (AvgIpc) is 2.74. The molecule has 0 radical (unpaired) electrons. The Bertz CT molecular complexity index is 521. The topological polar surface area (TPSA) is 60.2 Å². The lowest BCUT2D eigenvalue weighted by molar-refractivity contribution is 0.585. The van der Waals surface area contributed by atoms with Gasteiger partial charge in [0.25, 0.3) is 0 Å². The van der Waals surface area contributed by atoms with Crippen LogP contribution in [0.2, 0.25) is 0 Å². The Balaban J connectivity index is 2.10. The minimum Gasteiger partial charge on any atom is -0.328 e. The van der Waals surface area contributed by atoms with Crippen LogP contribution >= 0.6 is 0 Å². The summed E-state index contributed by atoms with van der Waals surface area (Å²) in [6.07, 6.45) is 4.63. The van der Waals surface area contributed by atoms with Crippen molar-refractivity contribution in [3.63, 3.8) is 0 Å². The van der Waals surface area contributed by atoms with Gasteiger partial charge < -0.3 is 5.73 Å². The van der Waals surface area contributed by atoms with Gasteiger partial charge in [-0.05, 0) is 62.3 Å². The summed E-state index contributed by atoms with van der Waals surface area (Å²) in [6, 6.07) is 5.66. The SMILES string of the molecule is CC(N)CCCS(=O)(=O)c1ccc2c(c1)CCC2. The molecule has 2 rings (SSSR count). The molecule has 1 aliphatic rings. The van der Waals surface area contributed by atoms with Gasteiger partial charge in [-0.15, -0.1) is 0 Å². The van der Waals surface area contributed by atoms with Gasteiger partial charge in [-0.3, -0.25) is 0 Å². The van der Waals surface area contributed by atoms with Gasteiger partial charge in [-0.1, -0.05) is 6.07 Å². The van der Waals surface area contributed by atoms with Crippen LogP contribution in [-0.2, 0) is 22.7 Å². The highest BCUT2D eigenvalue weighted by molar-refractivity contribution is 7.91. The van der Waals surface area contributed by atoms with Crippen molar-refractivity contribution in [3.8, 4) is 0 Å². The van der Waals surface area contributed by atoms with Crippen molar-refractivity contribution >= 4 is 9.84 Å². The molecule has 18 heavy (non-hydrogen) atoms. The number of hydrogen-bond acceptors (Lipinski definition) is 3. The molecule has 0 aliphatic heterocycles. The smallest absolute Gasteiger partial charge is 0.178 e. The van der Waals surface area contributed by atoms with E-state index in [1.54, 1.807) is 6.07 Å². The summed E-state index contributed by atoms with van der Waals surface area (Å²) in [4.78, 5) is 0.479. The van der Waals surface area contributed by atoms with Gasteiger partial charge >= 0.3 is 0 Å².